The molecule has 3 aliphatic rings. The Morgan fingerprint density at radius 1 is 1.16 bits per heavy atom. The fourth-order valence-corrected chi connectivity index (χ4v) is 5.48. The zero-order valence-corrected chi connectivity index (χ0v) is 15.9. The Hall–Kier alpha value is -1.27. The average Bonchev–Trinajstić information content (AvgIpc) is 3.19. The first kappa shape index (κ1) is 17.2. The van der Waals surface area contributed by atoms with Crippen molar-refractivity contribution in [2.75, 3.05) is 13.3 Å². The number of nitrogens with zero attached hydrogens (tertiary/aromatic N) is 1. The first-order valence-corrected chi connectivity index (χ1v) is 10.4. The van der Waals surface area contributed by atoms with Crippen molar-refractivity contribution < 1.29 is 14.3 Å². The number of hydrogen-bond donors (Lipinski definition) is 0. The first-order valence-electron chi connectivity index (χ1n) is 9.11. The SMILES string of the molecule is O=C1[C@H](Cc2ccc3c(c2)OCO3)SC(=S)N1CCC1CCCCC1. The van der Waals surface area contributed by atoms with E-state index in [4.69, 9.17) is 21.7 Å². The summed E-state index contributed by atoms with van der Waals surface area (Å²) in [5.41, 5.74) is 1.09. The fourth-order valence-electron chi connectivity index (χ4n) is 3.90. The maximum Gasteiger partial charge on any atom is 0.241 e. The summed E-state index contributed by atoms with van der Waals surface area (Å²) in [6.07, 6.45) is 8.43. The molecule has 1 atom stereocenters. The topological polar surface area (TPSA) is 38.8 Å². The molecule has 6 heteroatoms. The van der Waals surface area contributed by atoms with Gasteiger partial charge < -0.3 is 9.47 Å². The zero-order chi connectivity index (χ0) is 17.2. The highest BCUT2D eigenvalue weighted by Gasteiger charge is 2.37. The highest BCUT2D eigenvalue weighted by Crippen LogP contribution is 2.36. The molecule has 0 N–H and O–H groups in total. The van der Waals surface area contributed by atoms with Crippen LogP contribution < -0.4 is 9.47 Å². The Kier molecular flexibility index (Phi) is 5.17. The molecule has 2 heterocycles. The molecule has 2 aliphatic heterocycles. The van der Waals surface area contributed by atoms with Gasteiger partial charge in [0, 0.05) is 6.54 Å². The summed E-state index contributed by atoms with van der Waals surface area (Å²) in [7, 11) is 0. The lowest BCUT2D eigenvalue weighted by molar-refractivity contribution is -0.126. The van der Waals surface area contributed by atoms with E-state index in [1.807, 2.05) is 23.1 Å². The summed E-state index contributed by atoms with van der Waals surface area (Å²) in [5, 5.41) is -0.112. The number of amides is 1. The first-order chi connectivity index (χ1) is 12.2. The van der Waals surface area contributed by atoms with E-state index in [1.54, 1.807) is 0 Å². The molecule has 1 saturated carbocycles. The molecule has 1 amide bonds. The van der Waals surface area contributed by atoms with Crippen molar-refractivity contribution in [1.29, 1.82) is 0 Å². The predicted octanol–water partition coefficient (Wildman–Crippen LogP) is 4.16. The Bertz CT molecular complexity index is 673. The number of rotatable bonds is 5. The highest BCUT2D eigenvalue weighted by molar-refractivity contribution is 8.24. The zero-order valence-electron chi connectivity index (χ0n) is 14.2. The third-order valence-corrected chi connectivity index (χ3v) is 6.93. The van der Waals surface area contributed by atoms with Crippen LogP contribution in [0.5, 0.6) is 11.5 Å². The van der Waals surface area contributed by atoms with Gasteiger partial charge in [-0.1, -0.05) is 62.2 Å². The number of carbonyl (C=O) groups excluding carboxylic acids is 1. The maximum atomic E-state index is 12.8. The summed E-state index contributed by atoms with van der Waals surface area (Å²) in [6, 6.07) is 5.90. The molecular weight excluding hydrogens is 354 g/mol. The molecule has 0 aromatic heterocycles. The van der Waals surface area contributed by atoms with Gasteiger partial charge >= 0.3 is 0 Å². The molecule has 25 heavy (non-hydrogen) atoms. The smallest absolute Gasteiger partial charge is 0.241 e. The van der Waals surface area contributed by atoms with E-state index in [9.17, 15) is 4.79 Å². The van der Waals surface area contributed by atoms with E-state index in [2.05, 4.69) is 0 Å². The number of thiocarbonyl (C=S) groups is 1. The number of thioether (sulfide) groups is 1. The maximum absolute atomic E-state index is 12.8. The molecule has 1 aliphatic carbocycles. The van der Waals surface area contributed by atoms with Crippen molar-refractivity contribution in [3.63, 3.8) is 0 Å². The number of benzene rings is 1. The van der Waals surface area contributed by atoms with Gasteiger partial charge in [-0.05, 0) is 36.5 Å². The van der Waals surface area contributed by atoms with Gasteiger partial charge in [-0.25, -0.2) is 0 Å². The van der Waals surface area contributed by atoms with Crippen molar-refractivity contribution in [2.45, 2.75) is 50.2 Å². The van der Waals surface area contributed by atoms with Crippen LogP contribution in [0.2, 0.25) is 0 Å². The minimum atomic E-state index is -0.112. The normalized spacial score (nSPS) is 23.5. The molecule has 0 bridgehead atoms. The van der Waals surface area contributed by atoms with Crippen LogP contribution in [0.4, 0.5) is 0 Å². The van der Waals surface area contributed by atoms with Crippen molar-refractivity contribution in [3.8, 4) is 11.5 Å². The number of carbonyl (C=O) groups is 1. The van der Waals surface area contributed by atoms with Crippen molar-refractivity contribution in [3.05, 3.63) is 23.8 Å². The Balaban J connectivity index is 1.35. The van der Waals surface area contributed by atoms with Crippen LogP contribution in [0, 0.1) is 5.92 Å². The van der Waals surface area contributed by atoms with Gasteiger partial charge in [0.15, 0.2) is 11.5 Å². The molecule has 134 valence electrons. The van der Waals surface area contributed by atoms with Crippen LogP contribution >= 0.6 is 24.0 Å². The third-order valence-electron chi connectivity index (χ3n) is 5.35. The van der Waals surface area contributed by atoms with E-state index < -0.39 is 0 Å². The van der Waals surface area contributed by atoms with Crippen LogP contribution in [0.3, 0.4) is 0 Å². The van der Waals surface area contributed by atoms with Crippen molar-refractivity contribution >= 4 is 34.2 Å². The monoisotopic (exact) mass is 377 g/mol. The lowest BCUT2D eigenvalue weighted by atomic mass is 9.87. The summed E-state index contributed by atoms with van der Waals surface area (Å²) in [4.78, 5) is 14.6. The molecule has 1 aromatic rings. The largest absolute Gasteiger partial charge is 0.454 e. The molecule has 2 fully saturated rings. The highest BCUT2D eigenvalue weighted by atomic mass is 32.2. The van der Waals surface area contributed by atoms with Crippen LogP contribution in [-0.2, 0) is 11.2 Å². The predicted molar refractivity (Wildman–Crippen MR) is 103 cm³/mol. The van der Waals surface area contributed by atoms with E-state index >= 15 is 0 Å². The molecule has 1 saturated heterocycles. The van der Waals surface area contributed by atoms with E-state index in [-0.39, 0.29) is 18.0 Å². The van der Waals surface area contributed by atoms with Gasteiger partial charge in [0.05, 0.1) is 5.25 Å². The minimum absolute atomic E-state index is 0.112. The summed E-state index contributed by atoms with van der Waals surface area (Å²) in [5.74, 6) is 2.48. The molecule has 0 unspecified atom stereocenters. The second-order valence-corrected chi connectivity index (χ2v) is 8.88. The second kappa shape index (κ2) is 7.54. The number of fused-ring (bicyclic) bond motifs is 1. The van der Waals surface area contributed by atoms with Crippen LogP contribution in [-0.4, -0.2) is 33.7 Å². The number of hydrogen-bond acceptors (Lipinski definition) is 5. The van der Waals surface area contributed by atoms with Gasteiger partial charge in [-0.3, -0.25) is 9.69 Å². The van der Waals surface area contributed by atoms with Crippen LogP contribution in [0.1, 0.15) is 44.1 Å². The fraction of sp³-hybridized carbons (Fsp3) is 0.579. The number of ether oxygens (including phenoxy) is 2. The molecule has 4 nitrogen and oxygen atoms in total. The third kappa shape index (κ3) is 3.80. The van der Waals surface area contributed by atoms with Crippen molar-refractivity contribution in [2.24, 2.45) is 5.92 Å². The second-order valence-electron chi connectivity index (χ2n) is 7.05. The average molecular weight is 378 g/mol. The van der Waals surface area contributed by atoms with Crippen LogP contribution in [0.15, 0.2) is 18.2 Å². The van der Waals surface area contributed by atoms with Crippen LogP contribution in [0.25, 0.3) is 0 Å². The minimum Gasteiger partial charge on any atom is -0.454 e. The van der Waals surface area contributed by atoms with E-state index in [1.165, 1.54) is 43.9 Å². The lowest BCUT2D eigenvalue weighted by Gasteiger charge is -2.24. The van der Waals surface area contributed by atoms with Gasteiger partial charge in [0.1, 0.15) is 4.32 Å². The molecule has 0 radical (unpaired) electrons. The Morgan fingerprint density at radius 3 is 2.80 bits per heavy atom. The quantitative estimate of drug-likeness (QED) is 0.721. The lowest BCUT2D eigenvalue weighted by Crippen LogP contribution is -2.34. The van der Waals surface area contributed by atoms with Gasteiger partial charge in [0.25, 0.3) is 0 Å². The van der Waals surface area contributed by atoms with Gasteiger partial charge in [-0.15, -0.1) is 0 Å². The van der Waals surface area contributed by atoms with E-state index in [0.717, 1.165) is 40.3 Å². The molecular formula is C19H23NO3S2. The molecule has 0 spiro atoms. The standard InChI is InChI=1S/C19H23NO3S2/c21-18-17(11-14-6-7-15-16(10-14)23-12-22-15)25-19(24)20(18)9-8-13-4-2-1-3-5-13/h6-7,10,13,17H,1-5,8-9,11-12H2/t17-/m0/s1. The molecule has 4 rings (SSSR count). The summed E-state index contributed by atoms with van der Waals surface area (Å²) in [6.45, 7) is 1.06. The van der Waals surface area contributed by atoms with Gasteiger partial charge in [0.2, 0.25) is 12.7 Å². The summed E-state index contributed by atoms with van der Waals surface area (Å²) < 4.78 is 11.5. The summed E-state index contributed by atoms with van der Waals surface area (Å²) >= 11 is 7.01. The Morgan fingerprint density at radius 2 is 1.96 bits per heavy atom. The molecule has 1 aromatic carbocycles. The van der Waals surface area contributed by atoms with Gasteiger partial charge in [-0.2, -0.15) is 0 Å². The Labute approximate surface area is 158 Å². The van der Waals surface area contributed by atoms with Crippen molar-refractivity contribution in [1.82, 2.24) is 4.90 Å². The van der Waals surface area contributed by atoms with E-state index in [0.29, 0.717) is 6.42 Å².